The SMILES string of the molecule is CC1CCCCCCCCC(=O)OCCNC(C)CCC(=O)OCCNC(C)CCCCCCCCC(=O)OCCN1. The van der Waals surface area contributed by atoms with Gasteiger partial charge in [-0.25, -0.2) is 0 Å². The molecule has 246 valence electrons. The molecule has 0 aromatic heterocycles. The van der Waals surface area contributed by atoms with E-state index in [2.05, 4.69) is 29.8 Å². The lowest BCUT2D eigenvalue weighted by Gasteiger charge is -2.15. The molecule has 9 nitrogen and oxygen atoms in total. The highest BCUT2D eigenvalue weighted by molar-refractivity contribution is 5.70. The van der Waals surface area contributed by atoms with Crippen LogP contribution in [0.5, 0.6) is 0 Å². The van der Waals surface area contributed by atoms with Crippen molar-refractivity contribution in [3.63, 3.8) is 0 Å². The fourth-order valence-corrected chi connectivity index (χ4v) is 5.12. The third-order valence-electron chi connectivity index (χ3n) is 7.89. The summed E-state index contributed by atoms with van der Waals surface area (Å²) in [5, 5.41) is 10.2. The highest BCUT2D eigenvalue weighted by Gasteiger charge is 2.10. The van der Waals surface area contributed by atoms with E-state index in [1.807, 2.05) is 6.92 Å². The van der Waals surface area contributed by atoms with Gasteiger partial charge in [0.2, 0.25) is 0 Å². The summed E-state index contributed by atoms with van der Waals surface area (Å²) < 4.78 is 16.1. The van der Waals surface area contributed by atoms with Crippen molar-refractivity contribution in [3.8, 4) is 0 Å². The fourth-order valence-electron chi connectivity index (χ4n) is 5.12. The topological polar surface area (TPSA) is 115 Å². The Morgan fingerprint density at radius 1 is 0.429 bits per heavy atom. The molecule has 0 bridgehead atoms. The van der Waals surface area contributed by atoms with Gasteiger partial charge in [0.1, 0.15) is 19.8 Å². The molecule has 0 amide bonds. The molecule has 3 atom stereocenters. The van der Waals surface area contributed by atoms with Crippen LogP contribution in [0.4, 0.5) is 0 Å². The number of ether oxygens (including phenoxy) is 3. The van der Waals surface area contributed by atoms with Crippen LogP contribution in [-0.4, -0.2) is 75.5 Å². The maximum Gasteiger partial charge on any atom is 0.305 e. The van der Waals surface area contributed by atoms with E-state index in [0.717, 1.165) is 51.4 Å². The zero-order valence-electron chi connectivity index (χ0n) is 27.2. The molecule has 1 fully saturated rings. The van der Waals surface area contributed by atoms with Crippen molar-refractivity contribution in [2.45, 2.75) is 154 Å². The van der Waals surface area contributed by atoms with Gasteiger partial charge in [0.05, 0.1) is 0 Å². The molecule has 0 aliphatic carbocycles. The van der Waals surface area contributed by atoms with E-state index in [1.54, 1.807) is 0 Å². The second-order valence-corrected chi connectivity index (χ2v) is 12.1. The molecule has 0 aromatic rings. The molecule has 3 unspecified atom stereocenters. The van der Waals surface area contributed by atoms with E-state index in [-0.39, 0.29) is 23.9 Å². The van der Waals surface area contributed by atoms with Crippen LogP contribution in [0.25, 0.3) is 0 Å². The van der Waals surface area contributed by atoms with Gasteiger partial charge in [0.25, 0.3) is 0 Å². The molecule has 0 spiro atoms. The van der Waals surface area contributed by atoms with Crippen molar-refractivity contribution in [3.05, 3.63) is 0 Å². The second-order valence-electron chi connectivity index (χ2n) is 12.1. The monoisotopic (exact) mass is 597 g/mol. The highest BCUT2D eigenvalue weighted by atomic mass is 16.5. The molecule has 3 N–H and O–H groups in total. The summed E-state index contributed by atoms with van der Waals surface area (Å²) in [6, 6.07) is 0.968. The largest absolute Gasteiger partial charge is 0.464 e. The molecule has 1 heterocycles. The van der Waals surface area contributed by atoms with Crippen molar-refractivity contribution >= 4 is 17.9 Å². The predicted octanol–water partition coefficient (Wildman–Crippen LogP) is 5.59. The predicted molar refractivity (Wildman–Crippen MR) is 168 cm³/mol. The lowest BCUT2D eigenvalue weighted by Crippen LogP contribution is -2.31. The molecule has 1 aliphatic heterocycles. The van der Waals surface area contributed by atoms with Crippen LogP contribution in [0.1, 0.15) is 136 Å². The highest BCUT2D eigenvalue weighted by Crippen LogP contribution is 2.12. The number of carbonyl (C=O) groups excluding carboxylic acids is 3. The summed E-state index contributed by atoms with van der Waals surface area (Å²) in [6.45, 7) is 9.53. The van der Waals surface area contributed by atoms with E-state index < -0.39 is 0 Å². The third kappa shape index (κ3) is 24.8. The van der Waals surface area contributed by atoms with Gasteiger partial charge in [-0.05, 0) is 52.9 Å². The minimum absolute atomic E-state index is 0.0851. The van der Waals surface area contributed by atoms with Crippen LogP contribution in [0, 0.1) is 0 Å². The quantitative estimate of drug-likeness (QED) is 0.243. The number of esters is 3. The van der Waals surface area contributed by atoms with Crippen molar-refractivity contribution in [1.82, 2.24) is 16.0 Å². The number of nitrogens with one attached hydrogen (secondary N) is 3. The molecule has 1 rings (SSSR count). The lowest BCUT2D eigenvalue weighted by atomic mass is 10.1. The molecular weight excluding hydrogens is 534 g/mol. The normalized spacial score (nSPS) is 27.2. The van der Waals surface area contributed by atoms with Gasteiger partial charge >= 0.3 is 17.9 Å². The van der Waals surface area contributed by atoms with Crippen molar-refractivity contribution in [2.24, 2.45) is 0 Å². The fraction of sp³-hybridized carbons (Fsp3) is 0.909. The Morgan fingerprint density at radius 3 is 1.14 bits per heavy atom. The first kappa shape index (κ1) is 38.3. The van der Waals surface area contributed by atoms with Crippen LogP contribution in [-0.2, 0) is 28.6 Å². The van der Waals surface area contributed by atoms with Gasteiger partial charge in [0.15, 0.2) is 0 Å². The molecule has 0 aromatic carbocycles. The average molecular weight is 598 g/mol. The minimum Gasteiger partial charge on any atom is -0.464 e. The molecule has 0 saturated carbocycles. The Balaban J connectivity index is 2.30. The molecule has 1 aliphatic rings. The van der Waals surface area contributed by atoms with Crippen LogP contribution in [0.2, 0.25) is 0 Å². The second kappa shape index (κ2) is 26.9. The van der Waals surface area contributed by atoms with Crippen molar-refractivity contribution in [2.75, 3.05) is 39.5 Å². The van der Waals surface area contributed by atoms with Gasteiger partial charge in [-0.2, -0.15) is 0 Å². The van der Waals surface area contributed by atoms with Gasteiger partial charge in [0, 0.05) is 57.0 Å². The standard InChI is InChI=1S/C33H63N3O6/c1-28-16-12-8-4-7-11-15-19-32(38)41-26-24-36-30(3)20-21-33(39)42-27-23-35-29(2)17-13-9-5-6-10-14-18-31(37)40-25-22-34-28/h28-30,34-36H,4-27H2,1-3H3. The smallest absolute Gasteiger partial charge is 0.305 e. The van der Waals surface area contributed by atoms with Gasteiger partial charge < -0.3 is 30.2 Å². The number of carbonyl (C=O) groups is 3. The molecule has 0 radical (unpaired) electrons. The Labute approximate surface area is 256 Å². The van der Waals surface area contributed by atoms with E-state index in [1.165, 1.54) is 38.5 Å². The summed E-state index contributed by atoms with van der Waals surface area (Å²) in [4.78, 5) is 36.0. The first-order valence-corrected chi connectivity index (χ1v) is 17.0. The Hall–Kier alpha value is -1.71. The summed E-state index contributed by atoms with van der Waals surface area (Å²) in [5.74, 6) is -0.393. The number of hydrogen-bond donors (Lipinski definition) is 3. The van der Waals surface area contributed by atoms with E-state index in [9.17, 15) is 14.4 Å². The van der Waals surface area contributed by atoms with Crippen molar-refractivity contribution < 1.29 is 28.6 Å². The first-order valence-electron chi connectivity index (χ1n) is 17.0. The molecule has 42 heavy (non-hydrogen) atoms. The zero-order valence-corrected chi connectivity index (χ0v) is 27.2. The Kier molecular flexibility index (Phi) is 24.5. The lowest BCUT2D eigenvalue weighted by molar-refractivity contribution is -0.144. The van der Waals surface area contributed by atoms with Crippen LogP contribution >= 0.6 is 0 Å². The summed E-state index contributed by atoms with van der Waals surface area (Å²) in [7, 11) is 0. The minimum atomic E-state index is -0.174. The summed E-state index contributed by atoms with van der Waals surface area (Å²) >= 11 is 0. The zero-order chi connectivity index (χ0) is 30.7. The third-order valence-corrected chi connectivity index (χ3v) is 7.89. The van der Waals surface area contributed by atoms with Crippen LogP contribution < -0.4 is 16.0 Å². The van der Waals surface area contributed by atoms with Gasteiger partial charge in [-0.3, -0.25) is 14.4 Å². The van der Waals surface area contributed by atoms with Crippen molar-refractivity contribution in [1.29, 1.82) is 0 Å². The van der Waals surface area contributed by atoms with Crippen LogP contribution in [0.3, 0.4) is 0 Å². The number of cyclic esters (lactones) is 3. The maximum absolute atomic E-state index is 12.1. The van der Waals surface area contributed by atoms with E-state index in [0.29, 0.717) is 77.2 Å². The molecule has 1 saturated heterocycles. The maximum atomic E-state index is 12.1. The molecule has 9 heteroatoms. The number of hydrogen-bond acceptors (Lipinski definition) is 9. The first-order chi connectivity index (χ1) is 20.4. The summed E-state index contributed by atoms with van der Waals surface area (Å²) in [5.41, 5.74) is 0. The Morgan fingerprint density at radius 2 is 0.738 bits per heavy atom. The van der Waals surface area contributed by atoms with Crippen LogP contribution in [0.15, 0.2) is 0 Å². The number of rotatable bonds is 0. The molecular formula is C33H63N3O6. The average Bonchev–Trinajstić information content (AvgIpc) is 2.96. The van der Waals surface area contributed by atoms with Gasteiger partial charge in [-0.1, -0.05) is 64.2 Å². The van der Waals surface area contributed by atoms with E-state index in [4.69, 9.17) is 14.2 Å². The Bertz CT molecular complexity index is 693. The summed E-state index contributed by atoms with van der Waals surface area (Å²) in [6.07, 6.45) is 17.6. The van der Waals surface area contributed by atoms with Gasteiger partial charge in [-0.15, -0.1) is 0 Å². The van der Waals surface area contributed by atoms with E-state index >= 15 is 0 Å².